The molecule has 1 aromatic carbocycles. The molecule has 3 rings (SSSR count). The average Bonchev–Trinajstić information content (AvgIpc) is 3.16. The number of carbonyl (C=O) groups excluding carboxylic acids is 2. The molecule has 0 atom stereocenters. The second-order valence-electron chi connectivity index (χ2n) is 6.48. The zero-order valence-corrected chi connectivity index (χ0v) is 16.4. The summed E-state index contributed by atoms with van der Waals surface area (Å²) < 4.78 is 16.2. The number of hydrogen-bond donors (Lipinski definition) is 2. The molecule has 7 nitrogen and oxygen atoms in total. The second-order valence-corrected chi connectivity index (χ2v) is 6.48. The van der Waals surface area contributed by atoms with Crippen molar-refractivity contribution in [3.63, 3.8) is 0 Å². The van der Waals surface area contributed by atoms with Gasteiger partial charge in [-0.05, 0) is 52.0 Å². The smallest absolute Gasteiger partial charge is 0.259 e. The quantitative estimate of drug-likeness (QED) is 0.671. The van der Waals surface area contributed by atoms with Gasteiger partial charge in [0.1, 0.15) is 28.8 Å². The minimum absolute atomic E-state index is 0.280. The molecule has 28 heavy (non-hydrogen) atoms. The van der Waals surface area contributed by atoms with E-state index in [-0.39, 0.29) is 11.8 Å². The van der Waals surface area contributed by atoms with Gasteiger partial charge in [-0.2, -0.15) is 0 Å². The summed E-state index contributed by atoms with van der Waals surface area (Å²) in [7, 11) is 1.49. The first-order valence-corrected chi connectivity index (χ1v) is 8.73. The van der Waals surface area contributed by atoms with Gasteiger partial charge in [-0.25, -0.2) is 0 Å². The van der Waals surface area contributed by atoms with E-state index in [0.717, 1.165) is 0 Å². The summed E-state index contributed by atoms with van der Waals surface area (Å²) in [6.07, 6.45) is 0. The monoisotopic (exact) mass is 382 g/mol. The molecule has 0 aliphatic heterocycles. The molecule has 0 bridgehead atoms. The van der Waals surface area contributed by atoms with Crippen molar-refractivity contribution in [2.24, 2.45) is 0 Å². The minimum Gasteiger partial charge on any atom is -0.494 e. The maximum atomic E-state index is 12.5. The molecule has 2 heterocycles. The number of hydrogen-bond acceptors (Lipinski definition) is 5. The van der Waals surface area contributed by atoms with Gasteiger partial charge in [0.25, 0.3) is 11.8 Å². The van der Waals surface area contributed by atoms with Gasteiger partial charge in [0.2, 0.25) is 0 Å². The molecule has 0 radical (unpaired) electrons. The molecular weight excluding hydrogens is 360 g/mol. The number of rotatable bonds is 5. The van der Waals surface area contributed by atoms with Crippen molar-refractivity contribution >= 4 is 23.2 Å². The van der Waals surface area contributed by atoms with Crippen molar-refractivity contribution < 1.29 is 23.2 Å². The summed E-state index contributed by atoms with van der Waals surface area (Å²) in [5.74, 6) is 2.27. The van der Waals surface area contributed by atoms with Crippen LogP contribution >= 0.6 is 0 Å². The number of benzene rings is 1. The first-order valence-electron chi connectivity index (χ1n) is 8.73. The van der Waals surface area contributed by atoms with E-state index in [4.69, 9.17) is 13.6 Å². The standard InChI is InChI=1S/C21H22N2O5/c1-11-8-16(13(3)27-11)20(24)22-15-6-7-18(19(10-15)26-5)23-21(25)17-9-12(2)28-14(17)4/h6-10H,1-5H3,(H,22,24)(H,23,25). The summed E-state index contributed by atoms with van der Waals surface area (Å²) in [5.41, 5.74) is 1.95. The van der Waals surface area contributed by atoms with E-state index in [0.29, 0.717) is 51.3 Å². The van der Waals surface area contributed by atoms with Crippen LogP contribution in [0.4, 0.5) is 11.4 Å². The molecule has 2 aromatic heterocycles. The fourth-order valence-electron chi connectivity index (χ4n) is 2.97. The maximum absolute atomic E-state index is 12.5. The van der Waals surface area contributed by atoms with Crippen molar-refractivity contribution in [2.75, 3.05) is 17.7 Å². The predicted molar refractivity (Wildman–Crippen MR) is 105 cm³/mol. The Morgan fingerprint density at radius 1 is 0.821 bits per heavy atom. The van der Waals surface area contributed by atoms with Gasteiger partial charge in [-0.1, -0.05) is 0 Å². The Morgan fingerprint density at radius 2 is 1.36 bits per heavy atom. The van der Waals surface area contributed by atoms with Crippen LogP contribution in [0.15, 0.2) is 39.2 Å². The molecule has 0 saturated carbocycles. The van der Waals surface area contributed by atoms with E-state index >= 15 is 0 Å². The normalized spacial score (nSPS) is 10.6. The van der Waals surface area contributed by atoms with Crippen LogP contribution in [0.25, 0.3) is 0 Å². The lowest BCUT2D eigenvalue weighted by Gasteiger charge is -2.12. The van der Waals surface area contributed by atoms with Crippen LogP contribution in [0.5, 0.6) is 5.75 Å². The van der Waals surface area contributed by atoms with Crippen LogP contribution in [-0.4, -0.2) is 18.9 Å². The number of methoxy groups -OCH3 is 1. The van der Waals surface area contributed by atoms with Crippen molar-refractivity contribution in [3.8, 4) is 5.75 Å². The number of nitrogens with one attached hydrogen (secondary N) is 2. The second kappa shape index (κ2) is 7.64. The summed E-state index contributed by atoms with van der Waals surface area (Å²) in [6.45, 7) is 7.04. The fourth-order valence-corrected chi connectivity index (χ4v) is 2.97. The Kier molecular flexibility index (Phi) is 5.26. The lowest BCUT2D eigenvalue weighted by atomic mass is 10.2. The molecule has 2 N–H and O–H groups in total. The highest BCUT2D eigenvalue weighted by atomic mass is 16.5. The Balaban J connectivity index is 1.78. The number of carbonyl (C=O) groups is 2. The van der Waals surface area contributed by atoms with Gasteiger partial charge < -0.3 is 24.2 Å². The van der Waals surface area contributed by atoms with Crippen molar-refractivity contribution in [1.82, 2.24) is 0 Å². The average molecular weight is 382 g/mol. The highest BCUT2D eigenvalue weighted by Gasteiger charge is 2.17. The van der Waals surface area contributed by atoms with Gasteiger partial charge >= 0.3 is 0 Å². The summed E-state index contributed by atoms with van der Waals surface area (Å²) >= 11 is 0. The summed E-state index contributed by atoms with van der Waals surface area (Å²) in [4.78, 5) is 24.9. The first kappa shape index (κ1) is 19.3. The molecule has 3 aromatic rings. The minimum atomic E-state index is -0.297. The van der Waals surface area contributed by atoms with Gasteiger partial charge in [-0.3, -0.25) is 9.59 Å². The number of furan rings is 2. The van der Waals surface area contributed by atoms with Crippen LogP contribution in [0.2, 0.25) is 0 Å². The Labute approximate surface area is 162 Å². The van der Waals surface area contributed by atoms with Crippen molar-refractivity contribution in [2.45, 2.75) is 27.7 Å². The SMILES string of the molecule is COc1cc(NC(=O)c2cc(C)oc2C)ccc1NC(=O)c1cc(C)oc1C. The third-order valence-corrected chi connectivity index (χ3v) is 4.28. The first-order chi connectivity index (χ1) is 13.3. The number of aryl methyl sites for hydroxylation is 4. The molecule has 0 fully saturated rings. The zero-order chi connectivity index (χ0) is 20.4. The Hall–Kier alpha value is -3.48. The van der Waals surface area contributed by atoms with E-state index in [9.17, 15) is 9.59 Å². The highest BCUT2D eigenvalue weighted by Crippen LogP contribution is 2.29. The maximum Gasteiger partial charge on any atom is 0.259 e. The topological polar surface area (TPSA) is 93.7 Å². The van der Waals surface area contributed by atoms with Crippen LogP contribution in [0.3, 0.4) is 0 Å². The number of ether oxygens (including phenoxy) is 1. The largest absolute Gasteiger partial charge is 0.494 e. The van der Waals surface area contributed by atoms with E-state index in [1.165, 1.54) is 7.11 Å². The molecule has 0 aliphatic carbocycles. The Bertz CT molecular complexity index is 1050. The van der Waals surface area contributed by atoms with E-state index in [2.05, 4.69) is 10.6 Å². The lowest BCUT2D eigenvalue weighted by molar-refractivity contribution is 0.101. The molecular formula is C21H22N2O5. The molecule has 2 amide bonds. The molecule has 0 saturated heterocycles. The van der Waals surface area contributed by atoms with E-state index < -0.39 is 0 Å². The fraction of sp³-hybridized carbons (Fsp3) is 0.238. The van der Waals surface area contributed by atoms with E-state index in [1.54, 1.807) is 58.0 Å². The number of amides is 2. The summed E-state index contributed by atoms with van der Waals surface area (Å²) in [6, 6.07) is 8.36. The van der Waals surface area contributed by atoms with Crippen molar-refractivity contribution in [3.05, 3.63) is 64.5 Å². The van der Waals surface area contributed by atoms with Crippen LogP contribution < -0.4 is 15.4 Å². The van der Waals surface area contributed by atoms with Crippen LogP contribution in [0.1, 0.15) is 43.8 Å². The van der Waals surface area contributed by atoms with Crippen LogP contribution in [-0.2, 0) is 0 Å². The predicted octanol–water partition coefficient (Wildman–Crippen LogP) is 4.62. The van der Waals surface area contributed by atoms with E-state index in [1.807, 2.05) is 0 Å². The third-order valence-electron chi connectivity index (χ3n) is 4.28. The Morgan fingerprint density at radius 3 is 1.82 bits per heavy atom. The summed E-state index contributed by atoms with van der Waals surface area (Å²) in [5, 5.41) is 5.61. The molecule has 146 valence electrons. The van der Waals surface area contributed by atoms with Gasteiger partial charge in [-0.15, -0.1) is 0 Å². The zero-order valence-electron chi connectivity index (χ0n) is 16.4. The third kappa shape index (κ3) is 3.93. The number of anilines is 2. The molecule has 0 spiro atoms. The van der Waals surface area contributed by atoms with Crippen molar-refractivity contribution in [1.29, 1.82) is 0 Å². The van der Waals surface area contributed by atoms with Gasteiger partial charge in [0.15, 0.2) is 0 Å². The van der Waals surface area contributed by atoms with Crippen LogP contribution in [0, 0.1) is 27.7 Å². The van der Waals surface area contributed by atoms with Gasteiger partial charge in [0, 0.05) is 11.8 Å². The highest BCUT2D eigenvalue weighted by molar-refractivity contribution is 6.07. The molecule has 0 aliphatic rings. The lowest BCUT2D eigenvalue weighted by Crippen LogP contribution is -2.14. The van der Waals surface area contributed by atoms with Gasteiger partial charge in [0.05, 0.1) is 23.9 Å². The molecule has 0 unspecified atom stereocenters. The molecule has 7 heteroatoms.